The van der Waals surface area contributed by atoms with Crippen LogP contribution in [0.4, 0.5) is 13.2 Å². The van der Waals surface area contributed by atoms with Crippen LogP contribution in [0, 0.1) is 5.82 Å². The molecule has 2 rings (SSSR count). The van der Waals surface area contributed by atoms with E-state index < -0.39 is 17.5 Å². The highest BCUT2D eigenvalue weighted by atomic mass is 19.2. The average Bonchev–Trinajstić information content (AvgIpc) is 2.54. The van der Waals surface area contributed by atoms with Crippen molar-refractivity contribution >= 4 is 11.7 Å². The first-order valence-electron chi connectivity index (χ1n) is 7.44. The summed E-state index contributed by atoms with van der Waals surface area (Å²) in [6.07, 6.45) is 2.14. The van der Waals surface area contributed by atoms with Gasteiger partial charge in [0.15, 0.2) is 11.7 Å². The van der Waals surface area contributed by atoms with E-state index in [1.54, 1.807) is 12.1 Å². The Hall–Kier alpha value is -2.03. The highest BCUT2D eigenvalue weighted by molar-refractivity contribution is 5.83. The molecular weight excluding hydrogens is 285 g/mol. The van der Waals surface area contributed by atoms with Crippen LogP contribution in [0.2, 0.25) is 0 Å². The molecule has 2 aromatic rings. The molecule has 0 amide bonds. The minimum atomic E-state index is -0.977. The third-order valence-corrected chi connectivity index (χ3v) is 3.75. The number of rotatable bonds is 5. The fourth-order valence-corrected chi connectivity index (χ4v) is 2.41. The van der Waals surface area contributed by atoms with Gasteiger partial charge in [-0.3, -0.25) is 0 Å². The van der Waals surface area contributed by atoms with Crippen LogP contribution in [0.3, 0.4) is 0 Å². The summed E-state index contributed by atoms with van der Waals surface area (Å²) >= 11 is 0. The van der Waals surface area contributed by atoms with Gasteiger partial charge in [0, 0.05) is 11.1 Å². The summed E-state index contributed by atoms with van der Waals surface area (Å²) in [6, 6.07) is 11.5. The van der Waals surface area contributed by atoms with Crippen molar-refractivity contribution < 1.29 is 13.2 Å². The van der Waals surface area contributed by atoms with Gasteiger partial charge in [-0.1, -0.05) is 44.5 Å². The lowest BCUT2D eigenvalue weighted by atomic mass is 9.95. The molecule has 0 heterocycles. The molecule has 0 saturated carbocycles. The fourth-order valence-electron chi connectivity index (χ4n) is 2.41. The summed E-state index contributed by atoms with van der Waals surface area (Å²) < 4.78 is 41.1. The van der Waals surface area contributed by atoms with Crippen molar-refractivity contribution in [3.05, 3.63) is 71.0 Å². The fraction of sp³-hybridized carbons (Fsp3) is 0.263. The minimum Gasteiger partial charge on any atom is -0.207 e. The molecule has 0 N–H and O–H groups in total. The Kier molecular flexibility index (Phi) is 5.42. The molecule has 0 bridgehead atoms. The van der Waals surface area contributed by atoms with Crippen LogP contribution in [0.5, 0.6) is 0 Å². The molecule has 1 unspecified atom stereocenters. The van der Waals surface area contributed by atoms with Gasteiger partial charge < -0.3 is 0 Å². The molecule has 2 aromatic carbocycles. The molecule has 1 atom stereocenters. The summed E-state index contributed by atoms with van der Waals surface area (Å²) in [7, 11) is 0. The summed E-state index contributed by atoms with van der Waals surface area (Å²) in [5.41, 5.74) is 1.33. The molecule has 0 aromatic heterocycles. The van der Waals surface area contributed by atoms with E-state index in [-0.39, 0.29) is 11.1 Å². The van der Waals surface area contributed by atoms with Gasteiger partial charge in [-0.15, -0.1) is 0 Å². The largest absolute Gasteiger partial charge is 0.207 e. The second kappa shape index (κ2) is 7.30. The Balaban J connectivity index is 2.26. The molecule has 116 valence electrons. The maximum atomic E-state index is 14.2. The number of halogens is 3. The monoisotopic (exact) mass is 304 g/mol. The standard InChI is InChI=1S/C19H19F3/c1-3-4-13(2)14-5-7-15(8-6-14)18(21)19(22)16-9-11-17(20)12-10-16/h5-13H,3-4H2,1-2H3/b19-18+. The first-order valence-corrected chi connectivity index (χ1v) is 7.44. The highest BCUT2D eigenvalue weighted by Crippen LogP contribution is 2.30. The molecule has 0 aliphatic rings. The summed E-state index contributed by atoms with van der Waals surface area (Å²) in [6.45, 7) is 4.23. The third-order valence-electron chi connectivity index (χ3n) is 3.75. The van der Waals surface area contributed by atoms with E-state index in [1.165, 1.54) is 12.1 Å². The molecule has 0 spiro atoms. The predicted octanol–water partition coefficient (Wildman–Crippen LogP) is 6.49. The van der Waals surface area contributed by atoms with Gasteiger partial charge in [0.05, 0.1) is 0 Å². The smallest absolute Gasteiger partial charge is 0.166 e. The number of hydrogen-bond acceptors (Lipinski definition) is 0. The Labute approximate surface area is 129 Å². The maximum absolute atomic E-state index is 14.2. The highest BCUT2D eigenvalue weighted by Gasteiger charge is 2.12. The van der Waals surface area contributed by atoms with E-state index in [4.69, 9.17) is 0 Å². The van der Waals surface area contributed by atoms with Crippen molar-refractivity contribution in [1.82, 2.24) is 0 Å². The van der Waals surface area contributed by atoms with Crippen molar-refractivity contribution in [3.63, 3.8) is 0 Å². The van der Waals surface area contributed by atoms with E-state index in [0.29, 0.717) is 5.92 Å². The van der Waals surface area contributed by atoms with Crippen LogP contribution >= 0.6 is 0 Å². The summed E-state index contributed by atoms with van der Waals surface area (Å²) in [4.78, 5) is 0. The molecule has 0 saturated heterocycles. The van der Waals surface area contributed by atoms with Gasteiger partial charge in [0.25, 0.3) is 0 Å². The van der Waals surface area contributed by atoms with Crippen LogP contribution in [0.25, 0.3) is 11.7 Å². The summed E-state index contributed by atoms with van der Waals surface area (Å²) in [5, 5.41) is 0. The quantitative estimate of drug-likeness (QED) is 0.553. The minimum absolute atomic E-state index is 0.0299. The molecule has 0 aliphatic carbocycles. The molecular formula is C19H19F3. The van der Waals surface area contributed by atoms with E-state index in [0.717, 1.165) is 30.5 Å². The normalized spacial score (nSPS) is 13.7. The average molecular weight is 304 g/mol. The zero-order valence-corrected chi connectivity index (χ0v) is 12.7. The van der Waals surface area contributed by atoms with E-state index >= 15 is 0 Å². The lowest BCUT2D eigenvalue weighted by Gasteiger charge is -2.11. The molecule has 22 heavy (non-hydrogen) atoms. The van der Waals surface area contributed by atoms with Crippen LogP contribution in [-0.2, 0) is 0 Å². The zero-order valence-electron chi connectivity index (χ0n) is 12.7. The van der Waals surface area contributed by atoms with Crippen molar-refractivity contribution in [2.45, 2.75) is 32.6 Å². The van der Waals surface area contributed by atoms with E-state index in [2.05, 4.69) is 13.8 Å². The van der Waals surface area contributed by atoms with Crippen LogP contribution in [0.15, 0.2) is 48.5 Å². The number of hydrogen-bond donors (Lipinski definition) is 0. The first kappa shape index (κ1) is 16.3. The van der Waals surface area contributed by atoms with Gasteiger partial charge in [-0.25, -0.2) is 13.2 Å². The van der Waals surface area contributed by atoms with Crippen LogP contribution in [0.1, 0.15) is 49.3 Å². The summed E-state index contributed by atoms with van der Waals surface area (Å²) in [5.74, 6) is -1.99. The molecule has 0 fully saturated rings. The second-order valence-electron chi connectivity index (χ2n) is 5.45. The van der Waals surface area contributed by atoms with Crippen molar-refractivity contribution in [2.24, 2.45) is 0 Å². The maximum Gasteiger partial charge on any atom is 0.166 e. The van der Waals surface area contributed by atoms with Gasteiger partial charge in [-0.05, 0) is 42.2 Å². The molecule has 3 heteroatoms. The second-order valence-corrected chi connectivity index (χ2v) is 5.45. The topological polar surface area (TPSA) is 0 Å². The zero-order chi connectivity index (χ0) is 16.1. The lowest BCUT2D eigenvalue weighted by Crippen LogP contribution is -1.93. The van der Waals surface area contributed by atoms with Crippen molar-refractivity contribution in [3.8, 4) is 0 Å². The van der Waals surface area contributed by atoms with Gasteiger partial charge in [-0.2, -0.15) is 0 Å². The Morgan fingerprint density at radius 1 is 0.864 bits per heavy atom. The van der Waals surface area contributed by atoms with Gasteiger partial charge in [0.2, 0.25) is 0 Å². The van der Waals surface area contributed by atoms with E-state index in [1.807, 2.05) is 12.1 Å². The SMILES string of the molecule is CCCC(C)c1ccc(/C(F)=C(\F)c2ccc(F)cc2)cc1. The number of benzene rings is 2. The predicted molar refractivity (Wildman–Crippen MR) is 85.2 cm³/mol. The Morgan fingerprint density at radius 3 is 1.77 bits per heavy atom. The molecule has 0 radical (unpaired) electrons. The van der Waals surface area contributed by atoms with Crippen molar-refractivity contribution in [1.29, 1.82) is 0 Å². The molecule has 0 nitrogen and oxygen atoms in total. The van der Waals surface area contributed by atoms with Crippen molar-refractivity contribution in [2.75, 3.05) is 0 Å². The van der Waals surface area contributed by atoms with Crippen LogP contribution < -0.4 is 0 Å². The van der Waals surface area contributed by atoms with Crippen LogP contribution in [-0.4, -0.2) is 0 Å². The molecule has 0 aliphatic heterocycles. The van der Waals surface area contributed by atoms with E-state index in [9.17, 15) is 13.2 Å². The third kappa shape index (κ3) is 3.79. The lowest BCUT2D eigenvalue weighted by molar-refractivity contribution is 0.627. The van der Waals surface area contributed by atoms with Gasteiger partial charge >= 0.3 is 0 Å². The Morgan fingerprint density at radius 2 is 1.32 bits per heavy atom. The van der Waals surface area contributed by atoms with Gasteiger partial charge in [0.1, 0.15) is 5.82 Å². The first-order chi connectivity index (χ1) is 10.5. The Bertz CT molecular complexity index is 639.